The third-order valence-corrected chi connectivity index (χ3v) is 16.4. The number of hydrogen-bond acceptors (Lipinski definition) is 16. The number of nitrogens with one attached hydrogen (secondary N) is 1. The van der Waals surface area contributed by atoms with E-state index in [-0.39, 0.29) is 76.2 Å². The molecule has 488 valence electrons. The Bertz CT molecular complexity index is 3230. The molecule has 4 aromatic carbocycles. The number of carbonyl (C=O) groups excluding carboxylic acids is 9. The average molecular weight is 1250 g/mol. The molecule has 0 spiro atoms. The lowest BCUT2D eigenvalue weighted by atomic mass is 9.87. The largest absolute Gasteiger partial charge is 0.493 e. The van der Waals surface area contributed by atoms with Crippen LogP contribution in [0.5, 0.6) is 23.0 Å². The summed E-state index contributed by atoms with van der Waals surface area (Å²) < 4.78 is 41.2. The van der Waals surface area contributed by atoms with Gasteiger partial charge in [0.15, 0.2) is 23.9 Å². The molecule has 0 unspecified atom stereocenters. The van der Waals surface area contributed by atoms with Gasteiger partial charge in [-0.3, -0.25) is 33.6 Å². The highest BCUT2D eigenvalue weighted by atomic mass is 16.6. The van der Waals surface area contributed by atoms with Crippen molar-refractivity contribution >= 4 is 63.8 Å². The SMILES string of the molecule is CCCC[C@H]1C(=O)C[C@@H](Cc2ccc3ccccc3c2)C(=O)N(C)[C@@H](COC(C)(C)C)C(=O)NCC(=O)N(C)CCC=CC(=O)OCC(C)(C)C(=O)C(=O)N2CCCC[C@H]2C(=O)O[C@H](CCc2ccc(OC)c(OC)c2OC)c2cccc(c2)OCC(=O)N1C. The van der Waals surface area contributed by atoms with Crippen molar-refractivity contribution in [1.29, 1.82) is 0 Å². The van der Waals surface area contributed by atoms with Crippen molar-refractivity contribution in [1.82, 2.24) is 24.9 Å². The van der Waals surface area contributed by atoms with Crippen molar-refractivity contribution < 1.29 is 76.3 Å². The van der Waals surface area contributed by atoms with Gasteiger partial charge in [-0.25, -0.2) is 9.59 Å². The summed E-state index contributed by atoms with van der Waals surface area (Å²) in [6.45, 7) is 8.88. The fourth-order valence-electron chi connectivity index (χ4n) is 11.0. The summed E-state index contributed by atoms with van der Waals surface area (Å²) in [5.74, 6) is -5.52. The molecule has 21 heteroatoms. The first kappa shape index (κ1) is 70.8. The predicted molar refractivity (Wildman–Crippen MR) is 338 cm³/mol. The maximum atomic E-state index is 15.1. The molecule has 2 bridgehead atoms. The second kappa shape index (κ2) is 32.9. The lowest BCUT2D eigenvalue weighted by Crippen LogP contribution is -2.54. The van der Waals surface area contributed by atoms with E-state index in [2.05, 4.69) is 5.32 Å². The van der Waals surface area contributed by atoms with E-state index in [0.717, 1.165) is 22.4 Å². The average Bonchev–Trinajstić information content (AvgIpc) is 1.04. The summed E-state index contributed by atoms with van der Waals surface area (Å²) in [6.07, 6.45) is 4.93. The topological polar surface area (TPSA) is 243 Å². The van der Waals surface area contributed by atoms with Gasteiger partial charge in [0.1, 0.15) is 30.5 Å². The Balaban J connectivity index is 1.37. The van der Waals surface area contributed by atoms with Crippen LogP contribution in [0.4, 0.5) is 0 Å². The second-order valence-electron chi connectivity index (χ2n) is 24.7. The van der Waals surface area contributed by atoms with Crippen LogP contribution >= 0.6 is 0 Å². The number of methoxy groups -OCH3 is 3. The van der Waals surface area contributed by atoms with Crippen molar-refractivity contribution in [3.8, 4) is 23.0 Å². The lowest BCUT2D eigenvalue weighted by Gasteiger charge is -2.36. The molecule has 5 atom stereocenters. The van der Waals surface area contributed by atoms with E-state index in [1.807, 2.05) is 55.5 Å². The van der Waals surface area contributed by atoms with Gasteiger partial charge in [-0.05, 0) is 132 Å². The van der Waals surface area contributed by atoms with E-state index in [1.165, 1.54) is 82.0 Å². The zero-order chi connectivity index (χ0) is 65.9. The maximum Gasteiger partial charge on any atom is 0.330 e. The Morgan fingerprint density at radius 2 is 1.48 bits per heavy atom. The summed E-state index contributed by atoms with van der Waals surface area (Å²) in [6, 6.07) is 20.5. The monoisotopic (exact) mass is 1250 g/mol. The summed E-state index contributed by atoms with van der Waals surface area (Å²) in [7, 11) is 9.02. The first-order chi connectivity index (χ1) is 42.8. The zero-order valence-corrected chi connectivity index (χ0v) is 54.4. The molecule has 2 heterocycles. The number of ether oxygens (including phenoxy) is 7. The molecule has 4 aromatic rings. The number of nitrogens with zero attached hydrogens (tertiary/aromatic N) is 4. The molecule has 1 fully saturated rings. The third kappa shape index (κ3) is 19.3. The molecule has 5 amide bonds. The highest BCUT2D eigenvalue weighted by molar-refractivity contribution is 6.38. The molecule has 0 saturated carbocycles. The van der Waals surface area contributed by atoms with Crippen LogP contribution in [-0.4, -0.2) is 178 Å². The van der Waals surface area contributed by atoms with Crippen LogP contribution in [0.1, 0.15) is 122 Å². The summed E-state index contributed by atoms with van der Waals surface area (Å²) in [5.41, 5.74) is -0.307. The predicted octanol–water partition coefficient (Wildman–Crippen LogP) is 7.99. The minimum atomic E-state index is -1.51. The molecule has 0 radical (unpaired) electrons. The summed E-state index contributed by atoms with van der Waals surface area (Å²) >= 11 is 0. The van der Waals surface area contributed by atoms with Gasteiger partial charge in [0.25, 0.3) is 11.8 Å². The van der Waals surface area contributed by atoms with Crippen LogP contribution in [0.25, 0.3) is 10.8 Å². The molecule has 90 heavy (non-hydrogen) atoms. The Hall–Kier alpha value is -8.33. The number of hydrogen-bond donors (Lipinski definition) is 1. The van der Waals surface area contributed by atoms with E-state index in [1.54, 1.807) is 51.1 Å². The van der Waals surface area contributed by atoms with E-state index < -0.39 is 108 Å². The molecule has 1 N–H and O–H groups in total. The number of rotatable bonds is 13. The molecule has 6 rings (SSSR count). The normalized spacial score (nSPS) is 21.4. The van der Waals surface area contributed by atoms with Gasteiger partial charge in [0.2, 0.25) is 29.3 Å². The van der Waals surface area contributed by atoms with Crippen molar-refractivity contribution in [2.24, 2.45) is 11.3 Å². The van der Waals surface area contributed by atoms with Crippen molar-refractivity contribution in [2.75, 3.05) is 81.9 Å². The highest BCUT2D eigenvalue weighted by Gasteiger charge is 2.43. The fourth-order valence-corrected chi connectivity index (χ4v) is 11.0. The van der Waals surface area contributed by atoms with E-state index in [4.69, 9.17) is 33.2 Å². The number of esters is 2. The standard InChI is InChI=1S/C69H91N5O16/c1-13-14-26-52-55(75)40-50(38-45-29-30-46-22-15-16-23-48(46)37-45)65(81)73(9)54(42-89-68(2,3)4)64(80)70-41-58(76)71(7)35-19-18-28-60(78)88-44-69(5,6)63(79)66(82)74-36-20-17-27-53(74)67(83)90-56(49-24-21-25-51(39-49)87-43-59(77)72(52)8)33-31-47-32-34-57(84-10)62(86-12)61(47)85-11/h15-16,18,21-25,28-30,32,34,37,39,50,52-54,56H,13-14,17,19-20,26-27,31,33,35-36,38,40-44H2,1-12H3,(H,70,80)/t50-,52+,53+,54+,56-/m1/s1. The number of fused-ring (bicyclic) bond motifs is 4. The fraction of sp³-hybridized carbons (Fsp3) is 0.522. The number of carbonyl (C=O) groups is 9. The second-order valence-corrected chi connectivity index (χ2v) is 24.7. The highest BCUT2D eigenvalue weighted by Crippen LogP contribution is 2.41. The van der Waals surface area contributed by atoms with Gasteiger partial charge in [-0.2, -0.15) is 0 Å². The summed E-state index contributed by atoms with van der Waals surface area (Å²) in [5, 5.41) is 4.59. The van der Waals surface area contributed by atoms with Crippen molar-refractivity contribution in [3.63, 3.8) is 0 Å². The van der Waals surface area contributed by atoms with E-state index in [0.29, 0.717) is 54.1 Å². The van der Waals surface area contributed by atoms with Crippen LogP contribution in [-0.2, 0) is 70.2 Å². The van der Waals surface area contributed by atoms with Crippen LogP contribution in [0, 0.1) is 11.3 Å². The van der Waals surface area contributed by atoms with Gasteiger partial charge in [-0.15, -0.1) is 0 Å². The molecular formula is C69H91N5O16. The number of amides is 5. The summed E-state index contributed by atoms with van der Waals surface area (Å²) in [4.78, 5) is 133. The Labute approximate surface area is 529 Å². The van der Waals surface area contributed by atoms with Gasteiger partial charge in [0, 0.05) is 52.6 Å². The lowest BCUT2D eigenvalue weighted by molar-refractivity contribution is -0.165. The van der Waals surface area contributed by atoms with E-state index in [9.17, 15) is 38.4 Å². The molecule has 2 aliphatic rings. The van der Waals surface area contributed by atoms with Gasteiger partial charge in [-0.1, -0.05) is 86.5 Å². The van der Waals surface area contributed by atoms with Crippen LogP contribution in [0.2, 0.25) is 0 Å². The maximum absolute atomic E-state index is 15.1. The number of ketones is 2. The minimum absolute atomic E-state index is 0.0881. The first-order valence-electron chi connectivity index (χ1n) is 30.9. The minimum Gasteiger partial charge on any atom is -0.493 e. The van der Waals surface area contributed by atoms with Crippen LogP contribution < -0.4 is 24.3 Å². The van der Waals surface area contributed by atoms with Crippen molar-refractivity contribution in [3.05, 3.63) is 108 Å². The number of benzene rings is 4. The Kier molecular flexibility index (Phi) is 25.9. The van der Waals surface area contributed by atoms with Crippen LogP contribution in [0.15, 0.2) is 91.0 Å². The third-order valence-electron chi connectivity index (χ3n) is 16.4. The van der Waals surface area contributed by atoms with Gasteiger partial charge in [0.05, 0.1) is 51.5 Å². The van der Waals surface area contributed by atoms with Gasteiger partial charge < -0.3 is 58.1 Å². The van der Waals surface area contributed by atoms with Crippen molar-refractivity contribution in [2.45, 2.75) is 142 Å². The van der Waals surface area contributed by atoms with Gasteiger partial charge >= 0.3 is 11.9 Å². The number of aryl methyl sites for hydroxylation is 1. The molecule has 2 aliphatic heterocycles. The molecular weight excluding hydrogens is 1150 g/mol. The number of piperidine rings is 1. The molecule has 0 aliphatic carbocycles. The van der Waals surface area contributed by atoms with E-state index >= 15 is 4.79 Å². The Morgan fingerprint density at radius 3 is 2.18 bits per heavy atom. The van der Waals surface area contributed by atoms with Crippen LogP contribution in [0.3, 0.4) is 0 Å². The molecule has 1 saturated heterocycles. The molecule has 0 aromatic heterocycles. The number of unbranched alkanes of at least 4 members (excludes halogenated alkanes) is 1. The molecule has 21 nitrogen and oxygen atoms in total. The number of likely N-dealkylation sites (N-methyl/N-ethyl adjacent to an activating group) is 3. The number of Topliss-reactive ketones (excluding diaryl/α,β-unsaturated/α-hetero) is 2. The first-order valence-corrected chi connectivity index (χ1v) is 30.9. The smallest absolute Gasteiger partial charge is 0.330 e. The zero-order valence-electron chi connectivity index (χ0n) is 54.4. The Morgan fingerprint density at radius 1 is 0.744 bits per heavy atom. The quantitative estimate of drug-likeness (QED) is 0.0985. The number of cyclic esters (lactones) is 2.